The van der Waals surface area contributed by atoms with Gasteiger partial charge in [0.2, 0.25) is 0 Å². The zero-order chi connectivity index (χ0) is 18.9. The molecular weight excluding hydrogens is 336 g/mol. The van der Waals surface area contributed by atoms with Gasteiger partial charge in [0.25, 0.3) is 0 Å². The predicted octanol–water partition coefficient (Wildman–Crippen LogP) is 3.24. The summed E-state index contributed by atoms with van der Waals surface area (Å²) in [6, 6.07) is 9.70. The van der Waals surface area contributed by atoms with E-state index in [9.17, 15) is 14.7 Å². The Kier molecular flexibility index (Phi) is 6.56. The number of ether oxygens (including phenoxy) is 3. The third-order valence-electron chi connectivity index (χ3n) is 3.41. The highest BCUT2D eigenvalue weighted by atomic mass is 16.5. The number of rotatable bonds is 8. The second-order valence-electron chi connectivity index (χ2n) is 5.10. The molecule has 0 amide bonds. The lowest BCUT2D eigenvalue weighted by Gasteiger charge is -2.11. The zero-order valence-electron chi connectivity index (χ0n) is 14.3. The van der Waals surface area contributed by atoms with Crippen LogP contribution in [0.4, 0.5) is 0 Å². The molecule has 0 atom stereocenters. The van der Waals surface area contributed by atoms with E-state index >= 15 is 0 Å². The van der Waals surface area contributed by atoms with Crippen molar-refractivity contribution in [1.29, 1.82) is 0 Å². The maximum absolute atomic E-state index is 11.4. The topological polar surface area (TPSA) is 82.1 Å². The second-order valence-corrected chi connectivity index (χ2v) is 5.10. The van der Waals surface area contributed by atoms with E-state index in [-0.39, 0.29) is 17.3 Å². The van der Waals surface area contributed by atoms with Crippen LogP contribution in [-0.2, 0) is 9.59 Å². The van der Waals surface area contributed by atoms with Crippen molar-refractivity contribution in [2.45, 2.75) is 0 Å². The SMILES string of the molecule is COc1cc(C=C(C=O)Oc2ccc(C=CC=O)cc2OC)ccc1O. The van der Waals surface area contributed by atoms with Crippen molar-refractivity contribution in [3.63, 3.8) is 0 Å². The molecule has 0 aliphatic carbocycles. The lowest BCUT2D eigenvalue weighted by atomic mass is 10.1. The summed E-state index contributed by atoms with van der Waals surface area (Å²) in [5, 5.41) is 9.63. The number of carbonyl (C=O) groups excluding carboxylic acids is 2. The quantitative estimate of drug-likeness (QED) is 0.445. The van der Waals surface area contributed by atoms with Crippen molar-refractivity contribution < 1.29 is 28.9 Å². The Bertz CT molecular complexity index is 851. The highest BCUT2D eigenvalue weighted by Gasteiger charge is 2.09. The predicted molar refractivity (Wildman–Crippen MR) is 97.4 cm³/mol. The Hall–Kier alpha value is -3.54. The summed E-state index contributed by atoms with van der Waals surface area (Å²) in [7, 11) is 2.91. The summed E-state index contributed by atoms with van der Waals surface area (Å²) in [6.07, 6.45) is 5.74. The number of phenols is 1. The Morgan fingerprint density at radius 3 is 2.27 bits per heavy atom. The molecule has 0 fully saturated rings. The minimum Gasteiger partial charge on any atom is -0.504 e. The van der Waals surface area contributed by atoms with Crippen LogP contribution in [0.2, 0.25) is 0 Å². The molecule has 6 heteroatoms. The molecule has 0 unspecified atom stereocenters. The number of hydrogen-bond donors (Lipinski definition) is 1. The lowest BCUT2D eigenvalue weighted by molar-refractivity contribution is -0.106. The number of methoxy groups -OCH3 is 2. The molecule has 1 N–H and O–H groups in total. The Balaban J connectivity index is 2.30. The number of aromatic hydroxyl groups is 1. The third-order valence-corrected chi connectivity index (χ3v) is 3.41. The van der Waals surface area contributed by atoms with Crippen LogP contribution in [0.1, 0.15) is 11.1 Å². The van der Waals surface area contributed by atoms with Crippen LogP contribution in [0.5, 0.6) is 23.0 Å². The van der Waals surface area contributed by atoms with Crippen molar-refractivity contribution in [1.82, 2.24) is 0 Å². The normalized spacial score (nSPS) is 11.2. The van der Waals surface area contributed by atoms with E-state index in [2.05, 4.69) is 0 Å². The molecule has 0 saturated carbocycles. The number of aldehydes is 2. The first kappa shape index (κ1) is 18.8. The largest absolute Gasteiger partial charge is 0.504 e. The first-order chi connectivity index (χ1) is 12.6. The average molecular weight is 354 g/mol. The van der Waals surface area contributed by atoms with Crippen molar-refractivity contribution in [3.05, 3.63) is 59.4 Å². The van der Waals surface area contributed by atoms with Gasteiger partial charge in [-0.1, -0.05) is 18.2 Å². The van der Waals surface area contributed by atoms with Gasteiger partial charge in [0, 0.05) is 0 Å². The number of phenolic OH excluding ortho intramolecular Hbond substituents is 1. The Labute approximate surface area is 150 Å². The maximum atomic E-state index is 11.4. The van der Waals surface area contributed by atoms with Crippen LogP contribution in [-0.4, -0.2) is 31.9 Å². The smallest absolute Gasteiger partial charge is 0.185 e. The summed E-state index contributed by atoms with van der Waals surface area (Å²) in [5.41, 5.74) is 1.37. The number of carbonyl (C=O) groups is 2. The van der Waals surface area contributed by atoms with Gasteiger partial charge in [-0.25, -0.2) is 0 Å². The monoisotopic (exact) mass is 354 g/mol. The summed E-state index contributed by atoms with van der Waals surface area (Å²) in [4.78, 5) is 21.8. The lowest BCUT2D eigenvalue weighted by Crippen LogP contribution is -1.99. The van der Waals surface area contributed by atoms with E-state index in [0.29, 0.717) is 29.6 Å². The molecule has 0 bridgehead atoms. The maximum Gasteiger partial charge on any atom is 0.185 e. The number of hydrogen-bond acceptors (Lipinski definition) is 6. The van der Waals surface area contributed by atoms with Crippen LogP contribution in [0.25, 0.3) is 12.2 Å². The minimum atomic E-state index is -0.00106. The van der Waals surface area contributed by atoms with Crippen LogP contribution < -0.4 is 14.2 Å². The molecule has 26 heavy (non-hydrogen) atoms. The van der Waals surface area contributed by atoms with E-state index in [1.54, 1.807) is 36.4 Å². The van der Waals surface area contributed by atoms with Gasteiger partial charge in [-0.15, -0.1) is 0 Å². The molecule has 6 nitrogen and oxygen atoms in total. The van der Waals surface area contributed by atoms with Crippen LogP contribution in [0.3, 0.4) is 0 Å². The molecule has 0 spiro atoms. The fourth-order valence-electron chi connectivity index (χ4n) is 2.19. The Morgan fingerprint density at radius 1 is 0.923 bits per heavy atom. The van der Waals surface area contributed by atoms with E-state index in [1.165, 1.54) is 32.4 Å². The summed E-state index contributed by atoms with van der Waals surface area (Å²) in [5.74, 6) is 1.09. The molecule has 0 aliphatic heterocycles. The van der Waals surface area contributed by atoms with Crippen LogP contribution >= 0.6 is 0 Å². The van der Waals surface area contributed by atoms with Crippen LogP contribution in [0, 0.1) is 0 Å². The molecule has 0 radical (unpaired) electrons. The summed E-state index contributed by atoms with van der Waals surface area (Å²) < 4.78 is 15.9. The Morgan fingerprint density at radius 2 is 1.62 bits per heavy atom. The molecule has 2 aromatic rings. The van der Waals surface area contributed by atoms with E-state index < -0.39 is 0 Å². The van der Waals surface area contributed by atoms with E-state index in [4.69, 9.17) is 14.2 Å². The molecular formula is C20H18O6. The van der Waals surface area contributed by atoms with Gasteiger partial charge < -0.3 is 19.3 Å². The van der Waals surface area contributed by atoms with Crippen molar-refractivity contribution in [2.75, 3.05) is 14.2 Å². The standard InChI is InChI=1S/C20H18O6/c1-24-19-12-15(5-7-17(19)23)10-16(13-22)26-18-8-6-14(4-3-9-21)11-20(18)25-2/h3-13,23H,1-2H3. The van der Waals surface area contributed by atoms with Gasteiger partial charge in [-0.3, -0.25) is 9.59 Å². The van der Waals surface area contributed by atoms with Gasteiger partial charge >= 0.3 is 0 Å². The van der Waals surface area contributed by atoms with Crippen LogP contribution in [0.15, 0.2) is 48.2 Å². The van der Waals surface area contributed by atoms with Crippen molar-refractivity contribution in [2.24, 2.45) is 0 Å². The first-order valence-corrected chi connectivity index (χ1v) is 7.63. The first-order valence-electron chi connectivity index (χ1n) is 7.63. The van der Waals surface area contributed by atoms with Gasteiger partial charge in [-0.2, -0.15) is 0 Å². The highest BCUT2D eigenvalue weighted by molar-refractivity contribution is 5.80. The van der Waals surface area contributed by atoms with Crippen molar-refractivity contribution >= 4 is 24.7 Å². The third kappa shape index (κ3) is 4.73. The summed E-state index contributed by atoms with van der Waals surface area (Å²) in [6.45, 7) is 0. The number of benzene rings is 2. The van der Waals surface area contributed by atoms with Gasteiger partial charge in [0.15, 0.2) is 35.0 Å². The average Bonchev–Trinajstić information content (AvgIpc) is 2.67. The van der Waals surface area contributed by atoms with Gasteiger partial charge in [0.05, 0.1) is 14.2 Å². The molecule has 0 saturated heterocycles. The zero-order valence-corrected chi connectivity index (χ0v) is 14.3. The van der Waals surface area contributed by atoms with Gasteiger partial charge in [-0.05, 0) is 47.5 Å². The molecule has 134 valence electrons. The highest BCUT2D eigenvalue weighted by Crippen LogP contribution is 2.31. The summed E-state index contributed by atoms with van der Waals surface area (Å²) >= 11 is 0. The fraction of sp³-hybridized carbons (Fsp3) is 0.100. The van der Waals surface area contributed by atoms with Gasteiger partial charge in [0.1, 0.15) is 6.29 Å². The number of allylic oxidation sites excluding steroid dienone is 2. The molecule has 0 aliphatic rings. The second kappa shape index (κ2) is 9.08. The molecule has 2 rings (SSSR count). The molecule has 2 aromatic carbocycles. The molecule has 0 aromatic heterocycles. The van der Waals surface area contributed by atoms with E-state index in [1.807, 2.05) is 0 Å². The minimum absolute atomic E-state index is 0.00106. The fourth-order valence-corrected chi connectivity index (χ4v) is 2.19. The van der Waals surface area contributed by atoms with E-state index in [0.717, 1.165) is 5.56 Å². The van der Waals surface area contributed by atoms with Crippen molar-refractivity contribution in [3.8, 4) is 23.0 Å². The molecule has 0 heterocycles.